The second-order valence-electron chi connectivity index (χ2n) is 8.80. The van der Waals surface area contributed by atoms with Crippen molar-refractivity contribution in [1.82, 2.24) is 4.31 Å². The second kappa shape index (κ2) is 9.40. The molecule has 1 heterocycles. The number of nitrogens with zero attached hydrogens (tertiary/aromatic N) is 1. The number of fused-ring (bicyclic) bond motifs is 1. The molecular formula is C23H29N3O6S. The topological polar surface area (TPSA) is 128 Å². The number of nitrogens with one attached hydrogen (secondary N) is 1. The van der Waals surface area contributed by atoms with Crippen molar-refractivity contribution in [3.05, 3.63) is 47.5 Å². The highest BCUT2D eigenvalue weighted by Crippen LogP contribution is 2.36. The molecule has 2 amide bonds. The van der Waals surface area contributed by atoms with Crippen molar-refractivity contribution < 1.29 is 27.5 Å². The average Bonchev–Trinajstić information content (AvgIpc) is 3.19. The molecule has 0 aliphatic carbocycles. The fourth-order valence-electron chi connectivity index (χ4n) is 3.33. The number of hydrogen-bond acceptors (Lipinski definition) is 6. The van der Waals surface area contributed by atoms with E-state index in [2.05, 4.69) is 5.32 Å². The first-order valence-corrected chi connectivity index (χ1v) is 11.9. The Morgan fingerprint density at radius 2 is 1.85 bits per heavy atom. The molecule has 1 aliphatic rings. The molecular weight excluding hydrogens is 446 g/mol. The quantitative estimate of drug-likeness (QED) is 0.604. The van der Waals surface area contributed by atoms with Gasteiger partial charge in [0.1, 0.15) is 0 Å². The van der Waals surface area contributed by atoms with E-state index in [1.807, 2.05) is 26.8 Å². The largest absolute Gasteiger partial charge is 0.493 e. The number of benzene rings is 2. The zero-order chi connectivity index (χ0) is 24.4. The summed E-state index contributed by atoms with van der Waals surface area (Å²) in [4.78, 5) is 23.5. The van der Waals surface area contributed by atoms with Crippen molar-refractivity contribution in [2.45, 2.75) is 45.2 Å². The number of rotatable bonds is 8. The summed E-state index contributed by atoms with van der Waals surface area (Å²) in [5, 5.41) is 2.92. The minimum atomic E-state index is -3.88. The number of nitrogens with two attached hydrogens (primary N) is 1. The number of carbonyl (C=O) groups is 2. The highest BCUT2D eigenvalue weighted by Gasteiger charge is 2.33. The molecule has 0 bridgehead atoms. The highest BCUT2D eigenvalue weighted by atomic mass is 32.2. The summed E-state index contributed by atoms with van der Waals surface area (Å²) in [6.45, 7) is 5.75. The molecule has 3 rings (SSSR count). The molecule has 0 unspecified atom stereocenters. The van der Waals surface area contributed by atoms with E-state index in [1.54, 1.807) is 12.1 Å². The van der Waals surface area contributed by atoms with Crippen LogP contribution in [0.4, 0.5) is 5.69 Å². The lowest BCUT2D eigenvalue weighted by molar-refractivity contribution is -0.123. The van der Waals surface area contributed by atoms with Crippen LogP contribution < -0.4 is 20.5 Å². The number of anilines is 1. The highest BCUT2D eigenvalue weighted by molar-refractivity contribution is 7.89. The summed E-state index contributed by atoms with van der Waals surface area (Å²) in [5.41, 5.74) is 6.76. The van der Waals surface area contributed by atoms with Crippen molar-refractivity contribution >= 4 is 27.5 Å². The third-order valence-electron chi connectivity index (χ3n) is 5.26. The van der Waals surface area contributed by atoms with Crippen LogP contribution in [-0.2, 0) is 32.7 Å². The van der Waals surface area contributed by atoms with Crippen LogP contribution in [-0.4, -0.2) is 38.3 Å². The lowest BCUT2D eigenvalue weighted by Crippen LogP contribution is -2.28. The third-order valence-corrected chi connectivity index (χ3v) is 7.05. The molecule has 2 aromatic carbocycles. The third kappa shape index (κ3) is 5.45. The van der Waals surface area contributed by atoms with Gasteiger partial charge >= 0.3 is 0 Å². The van der Waals surface area contributed by atoms with Crippen LogP contribution >= 0.6 is 0 Å². The van der Waals surface area contributed by atoms with Gasteiger partial charge in [-0.15, -0.1) is 0 Å². The SMILES string of the molecule is COc1ccc(S(=O)(=O)N2Cc3cccc(NC(=O)C(C)(C)C)c3C2)cc1OCCC(N)=O. The van der Waals surface area contributed by atoms with Gasteiger partial charge in [0.05, 0.1) is 25.0 Å². The molecule has 10 heteroatoms. The second-order valence-corrected chi connectivity index (χ2v) is 10.7. The van der Waals surface area contributed by atoms with Gasteiger partial charge < -0.3 is 20.5 Å². The summed E-state index contributed by atoms with van der Waals surface area (Å²) in [5.74, 6) is -0.128. The van der Waals surface area contributed by atoms with E-state index >= 15 is 0 Å². The predicted molar refractivity (Wildman–Crippen MR) is 123 cm³/mol. The van der Waals surface area contributed by atoms with Crippen LogP contribution in [0.2, 0.25) is 0 Å². The number of primary amides is 1. The Kier molecular flexibility index (Phi) is 6.99. The van der Waals surface area contributed by atoms with Crippen LogP contribution in [0.1, 0.15) is 38.3 Å². The number of methoxy groups -OCH3 is 1. The Morgan fingerprint density at radius 1 is 1.12 bits per heavy atom. The normalized spacial score (nSPS) is 13.9. The molecule has 0 saturated carbocycles. The van der Waals surface area contributed by atoms with E-state index in [4.69, 9.17) is 15.2 Å². The molecule has 0 aromatic heterocycles. The van der Waals surface area contributed by atoms with E-state index in [0.29, 0.717) is 11.4 Å². The van der Waals surface area contributed by atoms with Crippen LogP contribution in [0.3, 0.4) is 0 Å². The summed E-state index contributed by atoms with van der Waals surface area (Å²) in [7, 11) is -2.44. The summed E-state index contributed by atoms with van der Waals surface area (Å²) >= 11 is 0. The molecule has 2 aromatic rings. The average molecular weight is 476 g/mol. The van der Waals surface area contributed by atoms with Gasteiger partial charge in [0, 0.05) is 30.3 Å². The minimum Gasteiger partial charge on any atom is -0.493 e. The van der Waals surface area contributed by atoms with Gasteiger partial charge in [0.15, 0.2) is 11.5 Å². The van der Waals surface area contributed by atoms with Crippen LogP contribution in [0.15, 0.2) is 41.3 Å². The van der Waals surface area contributed by atoms with E-state index in [1.165, 1.54) is 29.6 Å². The Bertz CT molecular complexity index is 1170. The van der Waals surface area contributed by atoms with Gasteiger partial charge in [-0.05, 0) is 29.3 Å². The molecule has 0 spiro atoms. The Labute approximate surface area is 193 Å². The number of hydrogen-bond donors (Lipinski definition) is 2. The first-order chi connectivity index (χ1) is 15.4. The molecule has 178 valence electrons. The van der Waals surface area contributed by atoms with Gasteiger partial charge in [-0.2, -0.15) is 4.31 Å². The molecule has 3 N–H and O–H groups in total. The van der Waals surface area contributed by atoms with Crippen molar-refractivity contribution in [2.24, 2.45) is 11.1 Å². The minimum absolute atomic E-state index is 0.00118. The van der Waals surface area contributed by atoms with E-state index < -0.39 is 21.3 Å². The van der Waals surface area contributed by atoms with Gasteiger partial charge in [0.25, 0.3) is 0 Å². The standard InChI is InChI=1S/C23H29N3O6S/c1-23(2,3)22(28)25-18-7-5-6-15-13-26(14-17(15)18)33(29,30)16-8-9-19(31-4)20(12-16)32-11-10-21(24)27/h5-9,12H,10-11,13-14H2,1-4H3,(H2,24,27)(H,25,28). The van der Waals surface area contributed by atoms with Crippen LogP contribution in [0, 0.1) is 5.41 Å². The molecule has 0 saturated heterocycles. The molecule has 9 nitrogen and oxygen atoms in total. The lowest BCUT2D eigenvalue weighted by atomic mass is 9.95. The summed E-state index contributed by atoms with van der Waals surface area (Å²) in [6.07, 6.45) is -0.00930. The number of amides is 2. The van der Waals surface area contributed by atoms with Gasteiger partial charge in [-0.1, -0.05) is 32.9 Å². The molecule has 1 aliphatic heterocycles. The lowest BCUT2D eigenvalue weighted by Gasteiger charge is -2.19. The zero-order valence-electron chi connectivity index (χ0n) is 19.2. The number of ether oxygens (including phenoxy) is 2. The first-order valence-electron chi connectivity index (χ1n) is 10.4. The van der Waals surface area contributed by atoms with Crippen LogP contribution in [0.5, 0.6) is 11.5 Å². The zero-order valence-corrected chi connectivity index (χ0v) is 20.0. The number of carbonyl (C=O) groups excluding carboxylic acids is 2. The van der Waals surface area contributed by atoms with Crippen molar-refractivity contribution in [3.8, 4) is 11.5 Å². The van der Waals surface area contributed by atoms with Gasteiger partial charge in [0.2, 0.25) is 21.8 Å². The first kappa shape index (κ1) is 24.5. The Balaban J connectivity index is 1.85. The van der Waals surface area contributed by atoms with Crippen molar-refractivity contribution in [1.29, 1.82) is 0 Å². The molecule has 0 fully saturated rings. The maximum Gasteiger partial charge on any atom is 0.243 e. The number of sulfonamides is 1. The van der Waals surface area contributed by atoms with E-state index in [0.717, 1.165) is 11.1 Å². The maximum absolute atomic E-state index is 13.4. The Morgan fingerprint density at radius 3 is 2.48 bits per heavy atom. The van der Waals surface area contributed by atoms with Crippen molar-refractivity contribution in [3.63, 3.8) is 0 Å². The smallest absolute Gasteiger partial charge is 0.243 e. The van der Waals surface area contributed by atoms with Gasteiger partial charge in [-0.25, -0.2) is 8.42 Å². The Hall–Kier alpha value is -3.11. The van der Waals surface area contributed by atoms with Crippen LogP contribution in [0.25, 0.3) is 0 Å². The molecule has 0 radical (unpaired) electrons. The molecule has 33 heavy (non-hydrogen) atoms. The monoisotopic (exact) mass is 475 g/mol. The van der Waals surface area contributed by atoms with Gasteiger partial charge in [-0.3, -0.25) is 9.59 Å². The van der Waals surface area contributed by atoms with E-state index in [9.17, 15) is 18.0 Å². The molecule has 0 atom stereocenters. The summed E-state index contributed by atoms with van der Waals surface area (Å²) < 4.78 is 38.9. The predicted octanol–water partition coefficient (Wildman–Crippen LogP) is 2.64. The fourth-order valence-corrected chi connectivity index (χ4v) is 4.73. The van der Waals surface area contributed by atoms with Crippen molar-refractivity contribution in [2.75, 3.05) is 19.0 Å². The maximum atomic E-state index is 13.4. The summed E-state index contributed by atoms with van der Waals surface area (Å²) in [6, 6.07) is 9.75. The fraction of sp³-hybridized carbons (Fsp3) is 0.391. The van der Waals surface area contributed by atoms with E-state index in [-0.39, 0.29) is 42.7 Å².